The van der Waals surface area contributed by atoms with Gasteiger partial charge in [-0.15, -0.1) is 0 Å². The topological polar surface area (TPSA) is 85.1 Å². The van der Waals surface area contributed by atoms with Crippen LogP contribution in [0.4, 0.5) is 0 Å². The maximum Gasteiger partial charge on any atom is 0.278 e. The molecule has 8 heteroatoms. The summed E-state index contributed by atoms with van der Waals surface area (Å²) in [5.41, 5.74) is 3.85. The minimum absolute atomic E-state index is 0.0941. The first-order valence-corrected chi connectivity index (χ1v) is 13.1. The second kappa shape index (κ2) is 10.7. The van der Waals surface area contributed by atoms with Crippen molar-refractivity contribution in [3.05, 3.63) is 88.0 Å². The minimum atomic E-state index is -0.669. The Bertz CT molecular complexity index is 1440. The fraction of sp³-hybridized carbons (Fsp3) is 0.379. The van der Waals surface area contributed by atoms with E-state index in [1.165, 1.54) is 10.2 Å². The van der Waals surface area contributed by atoms with E-state index in [9.17, 15) is 9.59 Å². The summed E-state index contributed by atoms with van der Waals surface area (Å²) >= 11 is 0. The third kappa shape index (κ3) is 5.06. The van der Waals surface area contributed by atoms with Crippen LogP contribution in [-0.2, 0) is 11.3 Å². The molecule has 5 rings (SSSR count). The largest absolute Gasteiger partial charge is 0.351 e. The second-order valence-corrected chi connectivity index (χ2v) is 9.86. The molecule has 1 aliphatic rings. The van der Waals surface area contributed by atoms with Crippen molar-refractivity contribution in [3.63, 3.8) is 0 Å². The minimum Gasteiger partial charge on any atom is -0.351 e. The molecule has 1 saturated heterocycles. The van der Waals surface area contributed by atoms with Crippen LogP contribution in [-0.4, -0.2) is 49.5 Å². The highest BCUT2D eigenvalue weighted by atomic mass is 16.2. The molecule has 192 valence electrons. The molecular weight excluding hydrogens is 464 g/mol. The van der Waals surface area contributed by atoms with Gasteiger partial charge in [-0.2, -0.15) is 10.2 Å². The Morgan fingerprint density at radius 3 is 2.30 bits per heavy atom. The summed E-state index contributed by atoms with van der Waals surface area (Å²) in [6, 6.07) is 19.6. The maximum atomic E-state index is 13.6. The molecule has 1 aliphatic heterocycles. The Kier molecular flexibility index (Phi) is 7.19. The first-order chi connectivity index (χ1) is 18.0. The number of fused-ring (bicyclic) bond motifs is 1. The Hall–Kier alpha value is -3.78. The highest BCUT2D eigenvalue weighted by molar-refractivity contribution is 5.84. The zero-order chi connectivity index (χ0) is 25.9. The number of likely N-dealkylation sites (tertiary alicyclic amines) is 1. The van der Waals surface area contributed by atoms with E-state index in [-0.39, 0.29) is 17.5 Å². The van der Waals surface area contributed by atoms with Gasteiger partial charge in [-0.3, -0.25) is 14.5 Å². The van der Waals surface area contributed by atoms with Crippen LogP contribution in [0.25, 0.3) is 16.6 Å². The van der Waals surface area contributed by atoms with Crippen molar-refractivity contribution in [2.24, 2.45) is 0 Å². The first-order valence-electron chi connectivity index (χ1n) is 13.1. The molecule has 3 heterocycles. The number of hydrogen-bond donors (Lipinski definition) is 1. The Labute approximate surface area is 216 Å². The number of aromatic nitrogens is 4. The van der Waals surface area contributed by atoms with E-state index < -0.39 is 6.04 Å². The van der Waals surface area contributed by atoms with Gasteiger partial charge in [0.15, 0.2) is 0 Å². The summed E-state index contributed by atoms with van der Waals surface area (Å²) in [5.74, 6) is -0.148. The molecule has 1 atom stereocenters. The molecule has 37 heavy (non-hydrogen) atoms. The number of nitrogens with zero attached hydrogens (tertiary/aromatic N) is 5. The zero-order valence-electron chi connectivity index (χ0n) is 21.7. The molecule has 0 radical (unpaired) electrons. The van der Waals surface area contributed by atoms with Gasteiger partial charge >= 0.3 is 0 Å². The molecule has 8 nitrogen and oxygen atoms in total. The number of carbonyl (C=O) groups excluding carboxylic acids is 1. The summed E-state index contributed by atoms with van der Waals surface area (Å²) < 4.78 is 3.14. The lowest BCUT2D eigenvalue weighted by Gasteiger charge is -2.33. The number of rotatable bonds is 7. The Morgan fingerprint density at radius 1 is 1.00 bits per heavy atom. The number of piperidine rings is 1. The highest BCUT2D eigenvalue weighted by Crippen LogP contribution is 2.22. The molecule has 2 aromatic carbocycles. The highest BCUT2D eigenvalue weighted by Gasteiger charge is 2.28. The predicted molar refractivity (Wildman–Crippen MR) is 145 cm³/mol. The van der Waals surface area contributed by atoms with Crippen molar-refractivity contribution in [2.45, 2.75) is 58.7 Å². The zero-order valence-corrected chi connectivity index (χ0v) is 21.7. The molecule has 0 bridgehead atoms. The van der Waals surface area contributed by atoms with E-state index in [0.717, 1.165) is 43.9 Å². The summed E-state index contributed by atoms with van der Waals surface area (Å²) in [6.45, 7) is 8.43. The Morgan fingerprint density at radius 2 is 1.65 bits per heavy atom. The van der Waals surface area contributed by atoms with Crippen molar-refractivity contribution in [3.8, 4) is 5.69 Å². The van der Waals surface area contributed by atoms with E-state index in [1.54, 1.807) is 4.68 Å². The SMILES string of the molecule is CC[C@@H](C(=O)NC1CCN(Cc2ccccc2)CC1)n1nc(C)c2nn(-c3ccccc3)c(C)c2c1=O. The van der Waals surface area contributed by atoms with Crippen LogP contribution < -0.4 is 10.9 Å². The van der Waals surface area contributed by atoms with E-state index in [0.29, 0.717) is 23.0 Å². The molecule has 4 aromatic rings. The second-order valence-electron chi connectivity index (χ2n) is 9.86. The number of hydrogen-bond acceptors (Lipinski definition) is 5. The van der Waals surface area contributed by atoms with E-state index in [1.807, 2.05) is 57.2 Å². The quantitative estimate of drug-likeness (QED) is 0.417. The van der Waals surface area contributed by atoms with Crippen LogP contribution in [0.3, 0.4) is 0 Å². The van der Waals surface area contributed by atoms with Gasteiger partial charge in [0.25, 0.3) is 5.56 Å². The van der Waals surface area contributed by atoms with Gasteiger partial charge in [0.2, 0.25) is 5.91 Å². The summed E-state index contributed by atoms with van der Waals surface area (Å²) in [7, 11) is 0. The van der Waals surface area contributed by atoms with Crippen LogP contribution >= 0.6 is 0 Å². The summed E-state index contributed by atoms with van der Waals surface area (Å²) in [5, 5.41) is 13.0. The number of nitrogens with one attached hydrogen (secondary N) is 1. The van der Waals surface area contributed by atoms with Gasteiger partial charge in [-0.25, -0.2) is 9.36 Å². The fourth-order valence-corrected chi connectivity index (χ4v) is 5.26. The number of benzene rings is 2. The van der Waals surface area contributed by atoms with Crippen LogP contribution in [0, 0.1) is 13.8 Å². The number of carbonyl (C=O) groups is 1. The predicted octanol–water partition coefficient (Wildman–Crippen LogP) is 3.93. The average molecular weight is 499 g/mol. The van der Waals surface area contributed by atoms with E-state index in [4.69, 9.17) is 0 Å². The molecule has 0 saturated carbocycles. The average Bonchev–Trinajstić information content (AvgIpc) is 3.27. The van der Waals surface area contributed by atoms with Gasteiger partial charge in [0.1, 0.15) is 11.6 Å². The number of amides is 1. The molecular formula is C29H34N6O2. The molecule has 1 amide bonds. The first kappa shape index (κ1) is 24.9. The number of para-hydroxylation sites is 1. The fourth-order valence-electron chi connectivity index (χ4n) is 5.26. The third-order valence-corrected chi connectivity index (χ3v) is 7.31. The van der Waals surface area contributed by atoms with Gasteiger partial charge in [-0.05, 0) is 50.8 Å². The van der Waals surface area contributed by atoms with Crippen molar-refractivity contribution in [1.82, 2.24) is 29.8 Å². The Balaban J connectivity index is 1.33. The number of aryl methyl sites for hydroxylation is 2. The smallest absolute Gasteiger partial charge is 0.278 e. The van der Waals surface area contributed by atoms with E-state index in [2.05, 4.69) is 44.7 Å². The van der Waals surface area contributed by atoms with E-state index >= 15 is 0 Å². The molecule has 2 aromatic heterocycles. The summed E-state index contributed by atoms with van der Waals surface area (Å²) in [4.78, 5) is 29.4. The molecule has 1 N–H and O–H groups in total. The van der Waals surface area contributed by atoms with Crippen LogP contribution in [0.5, 0.6) is 0 Å². The van der Waals surface area contributed by atoms with Gasteiger partial charge in [0, 0.05) is 25.7 Å². The summed E-state index contributed by atoms with van der Waals surface area (Å²) in [6.07, 6.45) is 2.25. The lowest BCUT2D eigenvalue weighted by Crippen LogP contribution is -2.47. The van der Waals surface area contributed by atoms with Gasteiger partial charge < -0.3 is 5.32 Å². The molecule has 0 unspecified atom stereocenters. The van der Waals surface area contributed by atoms with Crippen molar-refractivity contribution in [2.75, 3.05) is 13.1 Å². The molecule has 0 spiro atoms. The van der Waals surface area contributed by atoms with Crippen LogP contribution in [0.1, 0.15) is 49.2 Å². The normalized spacial score (nSPS) is 15.6. The van der Waals surface area contributed by atoms with Gasteiger partial charge in [-0.1, -0.05) is 55.5 Å². The monoisotopic (exact) mass is 498 g/mol. The molecule has 1 fully saturated rings. The third-order valence-electron chi connectivity index (χ3n) is 7.31. The lowest BCUT2D eigenvalue weighted by molar-refractivity contribution is -0.125. The lowest BCUT2D eigenvalue weighted by atomic mass is 10.0. The standard InChI is InChI=1S/C29H34N6O2/c1-4-25(28(36)30-23-15-17-33(18-16-23)19-22-11-7-5-8-12-22)35-29(37)26-21(3)34(24-13-9-6-10-14-24)32-27(26)20(2)31-35/h5-14,23,25H,4,15-19H2,1-3H3,(H,30,36)/t25-/m0/s1. The van der Waals surface area contributed by atoms with Crippen LogP contribution in [0.15, 0.2) is 65.5 Å². The van der Waals surface area contributed by atoms with Crippen molar-refractivity contribution < 1.29 is 4.79 Å². The van der Waals surface area contributed by atoms with Crippen molar-refractivity contribution in [1.29, 1.82) is 0 Å². The van der Waals surface area contributed by atoms with Crippen molar-refractivity contribution >= 4 is 16.8 Å². The van der Waals surface area contributed by atoms with Crippen LogP contribution in [0.2, 0.25) is 0 Å². The maximum absolute atomic E-state index is 13.6. The molecule has 0 aliphatic carbocycles. The van der Waals surface area contributed by atoms with Gasteiger partial charge in [0.05, 0.1) is 22.5 Å².